The molecule has 0 aliphatic carbocycles. The van der Waals surface area contributed by atoms with Gasteiger partial charge in [-0.2, -0.15) is 0 Å². The summed E-state index contributed by atoms with van der Waals surface area (Å²) >= 11 is 5.84. The molecule has 0 bridgehead atoms. The van der Waals surface area contributed by atoms with Crippen molar-refractivity contribution in [1.29, 1.82) is 0 Å². The lowest BCUT2D eigenvalue weighted by Gasteiger charge is -2.27. The molecule has 2 aromatic carbocycles. The number of benzene rings is 2. The van der Waals surface area contributed by atoms with Gasteiger partial charge in [0.05, 0.1) is 12.7 Å². The number of aliphatic hydroxyl groups excluding tert-OH is 1. The lowest BCUT2D eigenvalue weighted by Crippen LogP contribution is -2.35. The fraction of sp³-hybridized carbons (Fsp3) is 0.500. The highest BCUT2D eigenvalue weighted by Crippen LogP contribution is 2.33. The zero-order valence-corrected chi connectivity index (χ0v) is 20.4. The third-order valence-corrected chi connectivity index (χ3v) is 6.06. The summed E-state index contributed by atoms with van der Waals surface area (Å²) in [5.74, 6) is 1.94. The van der Waals surface area contributed by atoms with E-state index in [2.05, 4.69) is 32.9 Å². The van der Waals surface area contributed by atoms with Gasteiger partial charge in [0.25, 0.3) is 0 Å². The van der Waals surface area contributed by atoms with Crippen LogP contribution in [-0.2, 0) is 14.9 Å². The van der Waals surface area contributed by atoms with Gasteiger partial charge in [0.15, 0.2) is 6.10 Å². The first kappa shape index (κ1) is 26.0. The highest BCUT2D eigenvalue weighted by atomic mass is 35.5. The molecule has 0 saturated heterocycles. The van der Waals surface area contributed by atoms with Crippen molar-refractivity contribution in [3.05, 3.63) is 59.7 Å². The van der Waals surface area contributed by atoms with E-state index in [1.54, 1.807) is 0 Å². The molecule has 0 heterocycles. The minimum absolute atomic E-state index is 0.0983. The van der Waals surface area contributed by atoms with Crippen LogP contribution in [0.4, 0.5) is 0 Å². The average Bonchev–Trinajstić information content (AvgIpc) is 2.79. The molecule has 0 spiro atoms. The molecule has 3 unspecified atom stereocenters. The summed E-state index contributed by atoms with van der Waals surface area (Å²) in [6.07, 6.45) is -0.978. The molecule has 1 N–H and O–H groups in total. The maximum absolute atomic E-state index is 11.3. The van der Waals surface area contributed by atoms with Gasteiger partial charge in [0.2, 0.25) is 0 Å². The summed E-state index contributed by atoms with van der Waals surface area (Å²) in [5, 5.41) is 10.0. The standard InChI is InChI=1S/C26H35ClO5/c1-6-24(29)25(32-19(3)28)17-31-23-13-9-21(10-14-23)26(4,5)20-7-11-22(12-8-20)30-16-18(2)15-27/h7-14,18,24-25,29H,6,15-17H2,1-5H3. The molecule has 0 radical (unpaired) electrons. The maximum Gasteiger partial charge on any atom is 0.303 e. The van der Waals surface area contributed by atoms with E-state index in [1.807, 2.05) is 43.3 Å². The second-order valence-electron chi connectivity index (χ2n) is 8.68. The molecular weight excluding hydrogens is 428 g/mol. The third-order valence-electron chi connectivity index (χ3n) is 5.53. The number of carbonyl (C=O) groups is 1. The van der Waals surface area contributed by atoms with E-state index < -0.39 is 18.2 Å². The van der Waals surface area contributed by atoms with Crippen molar-refractivity contribution in [3.63, 3.8) is 0 Å². The average molecular weight is 463 g/mol. The number of hydrogen-bond acceptors (Lipinski definition) is 5. The summed E-state index contributed by atoms with van der Waals surface area (Å²) in [6.45, 7) is 10.2. The minimum atomic E-state index is -0.762. The number of carbonyl (C=O) groups excluding carboxylic acids is 1. The molecule has 32 heavy (non-hydrogen) atoms. The zero-order valence-electron chi connectivity index (χ0n) is 19.6. The first-order valence-electron chi connectivity index (χ1n) is 11.0. The van der Waals surface area contributed by atoms with E-state index in [9.17, 15) is 9.90 Å². The van der Waals surface area contributed by atoms with E-state index >= 15 is 0 Å². The summed E-state index contributed by atoms with van der Waals surface area (Å²) < 4.78 is 16.7. The van der Waals surface area contributed by atoms with Crippen LogP contribution in [0.5, 0.6) is 11.5 Å². The summed E-state index contributed by atoms with van der Waals surface area (Å²) in [7, 11) is 0. The van der Waals surface area contributed by atoms with E-state index in [-0.39, 0.29) is 12.0 Å². The molecule has 6 heteroatoms. The summed E-state index contributed by atoms with van der Waals surface area (Å²) in [6, 6.07) is 16.0. The van der Waals surface area contributed by atoms with Crippen LogP contribution in [0.2, 0.25) is 0 Å². The number of rotatable bonds is 12. The van der Waals surface area contributed by atoms with E-state index in [4.69, 9.17) is 25.8 Å². The van der Waals surface area contributed by atoms with Crippen LogP contribution >= 0.6 is 11.6 Å². The maximum atomic E-state index is 11.3. The Hall–Kier alpha value is -2.24. The predicted molar refractivity (Wildman–Crippen MR) is 128 cm³/mol. The molecule has 5 nitrogen and oxygen atoms in total. The zero-order chi connectivity index (χ0) is 23.7. The number of esters is 1. The summed E-state index contributed by atoms with van der Waals surface area (Å²) in [4.78, 5) is 11.3. The van der Waals surface area contributed by atoms with Crippen molar-refractivity contribution in [3.8, 4) is 11.5 Å². The van der Waals surface area contributed by atoms with Crippen molar-refractivity contribution < 1.29 is 24.1 Å². The van der Waals surface area contributed by atoms with Crippen molar-refractivity contribution in [2.45, 2.75) is 58.7 Å². The molecule has 2 aromatic rings. The van der Waals surface area contributed by atoms with Gasteiger partial charge in [-0.05, 0) is 41.8 Å². The second kappa shape index (κ2) is 12.1. The highest BCUT2D eigenvalue weighted by Gasteiger charge is 2.24. The number of ether oxygens (including phenoxy) is 3. The Balaban J connectivity index is 2.03. The summed E-state index contributed by atoms with van der Waals surface area (Å²) in [5.41, 5.74) is 2.10. The topological polar surface area (TPSA) is 65.0 Å². The smallest absolute Gasteiger partial charge is 0.303 e. The number of halogens is 1. The molecule has 176 valence electrons. The van der Waals surface area contributed by atoms with Crippen LogP contribution in [0.3, 0.4) is 0 Å². The fourth-order valence-corrected chi connectivity index (χ4v) is 3.35. The predicted octanol–water partition coefficient (Wildman–Crippen LogP) is 5.35. The quantitative estimate of drug-likeness (QED) is 0.340. The number of hydrogen-bond donors (Lipinski definition) is 1. The van der Waals surface area contributed by atoms with Crippen molar-refractivity contribution >= 4 is 17.6 Å². The van der Waals surface area contributed by atoms with Gasteiger partial charge < -0.3 is 19.3 Å². The molecule has 2 rings (SSSR count). The normalized spacial score (nSPS) is 14.3. The molecular formula is C26H35ClO5. The van der Waals surface area contributed by atoms with Gasteiger partial charge in [0.1, 0.15) is 18.1 Å². The van der Waals surface area contributed by atoms with Gasteiger partial charge in [-0.1, -0.05) is 52.0 Å². The Bertz CT molecular complexity index is 832. The van der Waals surface area contributed by atoms with Gasteiger partial charge in [-0.15, -0.1) is 11.6 Å². The Morgan fingerprint density at radius 3 is 1.84 bits per heavy atom. The Kier molecular flexibility index (Phi) is 9.85. The third kappa shape index (κ3) is 7.42. The molecule has 0 aliphatic rings. The van der Waals surface area contributed by atoms with E-state index in [0.29, 0.717) is 30.6 Å². The van der Waals surface area contributed by atoms with Crippen molar-refractivity contribution in [2.75, 3.05) is 19.1 Å². The SMILES string of the molecule is CCC(O)C(COc1ccc(C(C)(C)c2ccc(OCC(C)CCl)cc2)cc1)OC(C)=O. The largest absolute Gasteiger partial charge is 0.493 e. The van der Waals surface area contributed by atoms with Gasteiger partial charge >= 0.3 is 5.97 Å². The van der Waals surface area contributed by atoms with Crippen LogP contribution in [0.15, 0.2) is 48.5 Å². The van der Waals surface area contributed by atoms with Gasteiger partial charge in [-0.3, -0.25) is 4.79 Å². The van der Waals surface area contributed by atoms with E-state index in [0.717, 1.165) is 11.3 Å². The van der Waals surface area contributed by atoms with Crippen LogP contribution in [0.25, 0.3) is 0 Å². The van der Waals surface area contributed by atoms with Crippen LogP contribution in [0, 0.1) is 5.92 Å². The lowest BCUT2D eigenvalue weighted by molar-refractivity contribution is -0.154. The van der Waals surface area contributed by atoms with Crippen LogP contribution < -0.4 is 9.47 Å². The first-order chi connectivity index (χ1) is 15.2. The Morgan fingerprint density at radius 2 is 1.44 bits per heavy atom. The van der Waals surface area contributed by atoms with Crippen LogP contribution in [-0.4, -0.2) is 42.4 Å². The Morgan fingerprint density at radius 1 is 0.969 bits per heavy atom. The van der Waals surface area contributed by atoms with Gasteiger partial charge in [0, 0.05) is 24.1 Å². The molecule has 0 saturated carbocycles. The molecule has 0 fully saturated rings. The molecule has 3 atom stereocenters. The van der Waals surface area contributed by atoms with Crippen molar-refractivity contribution in [1.82, 2.24) is 0 Å². The highest BCUT2D eigenvalue weighted by molar-refractivity contribution is 6.18. The van der Waals surface area contributed by atoms with Crippen LogP contribution in [0.1, 0.15) is 52.2 Å². The lowest BCUT2D eigenvalue weighted by atomic mass is 9.78. The first-order valence-corrected chi connectivity index (χ1v) is 11.6. The van der Waals surface area contributed by atoms with Gasteiger partial charge in [-0.25, -0.2) is 0 Å². The molecule has 0 aliphatic heterocycles. The minimum Gasteiger partial charge on any atom is -0.493 e. The van der Waals surface area contributed by atoms with E-state index in [1.165, 1.54) is 12.5 Å². The second-order valence-corrected chi connectivity index (χ2v) is 8.99. The molecule has 0 amide bonds. The Labute approximate surface area is 196 Å². The fourth-order valence-electron chi connectivity index (χ4n) is 3.26. The van der Waals surface area contributed by atoms with Crippen molar-refractivity contribution in [2.24, 2.45) is 5.92 Å². The monoisotopic (exact) mass is 462 g/mol. The molecule has 0 aromatic heterocycles. The number of aliphatic hydroxyl groups is 1. The number of alkyl halides is 1.